The number of hydrogen-bond donors (Lipinski definition) is 2. The number of ether oxygens (including phenoxy) is 1. The molecule has 0 spiro atoms. The summed E-state index contributed by atoms with van der Waals surface area (Å²) in [6.45, 7) is 1.45. The summed E-state index contributed by atoms with van der Waals surface area (Å²) in [5, 5.41) is 3.80. The van der Waals surface area contributed by atoms with Gasteiger partial charge in [0.2, 0.25) is 5.91 Å². The standard InChI is InChI=1S/C14H19N3O2S/c1-19-12-6-4-11(5-7-12)16-14(20)17-8-2-3-10(9-17)13(15)18/h4-7,10H,2-3,8-9H2,1H3,(H2,15,18)(H,16,20). The lowest BCUT2D eigenvalue weighted by Gasteiger charge is -2.33. The molecule has 2 rings (SSSR count). The summed E-state index contributed by atoms with van der Waals surface area (Å²) in [7, 11) is 1.63. The Hall–Kier alpha value is -1.82. The van der Waals surface area contributed by atoms with Crippen molar-refractivity contribution in [1.82, 2.24) is 4.90 Å². The molecule has 0 aliphatic carbocycles. The lowest BCUT2D eigenvalue weighted by atomic mass is 9.98. The van der Waals surface area contributed by atoms with Gasteiger partial charge in [0.15, 0.2) is 5.11 Å². The van der Waals surface area contributed by atoms with Crippen LogP contribution >= 0.6 is 12.2 Å². The Kier molecular flexibility index (Phi) is 4.79. The number of amides is 1. The minimum absolute atomic E-state index is 0.112. The number of piperidine rings is 1. The maximum absolute atomic E-state index is 11.3. The average Bonchev–Trinajstić information content (AvgIpc) is 2.48. The van der Waals surface area contributed by atoms with Gasteiger partial charge in [-0.3, -0.25) is 4.79 Å². The number of primary amides is 1. The van der Waals surface area contributed by atoms with E-state index in [9.17, 15) is 4.79 Å². The van der Waals surface area contributed by atoms with Gasteiger partial charge in [-0.1, -0.05) is 0 Å². The molecule has 1 aliphatic heterocycles. The van der Waals surface area contributed by atoms with Crippen molar-refractivity contribution >= 4 is 28.9 Å². The van der Waals surface area contributed by atoms with E-state index in [0.717, 1.165) is 30.8 Å². The smallest absolute Gasteiger partial charge is 0.222 e. The molecule has 5 nitrogen and oxygen atoms in total. The monoisotopic (exact) mass is 293 g/mol. The van der Waals surface area contributed by atoms with E-state index in [2.05, 4.69) is 5.32 Å². The minimum atomic E-state index is -0.248. The number of carbonyl (C=O) groups excluding carboxylic acids is 1. The topological polar surface area (TPSA) is 67.6 Å². The maximum Gasteiger partial charge on any atom is 0.222 e. The predicted molar refractivity (Wildman–Crippen MR) is 82.7 cm³/mol. The van der Waals surface area contributed by atoms with E-state index in [1.165, 1.54) is 0 Å². The molecule has 1 amide bonds. The Labute approximate surface area is 124 Å². The summed E-state index contributed by atoms with van der Waals surface area (Å²) in [5.41, 5.74) is 6.27. The highest BCUT2D eigenvalue weighted by atomic mass is 32.1. The maximum atomic E-state index is 11.3. The van der Waals surface area contributed by atoms with Crippen LogP contribution in [0.4, 0.5) is 5.69 Å². The van der Waals surface area contributed by atoms with Gasteiger partial charge in [0, 0.05) is 18.8 Å². The van der Waals surface area contributed by atoms with Gasteiger partial charge in [0.25, 0.3) is 0 Å². The van der Waals surface area contributed by atoms with Crippen molar-refractivity contribution in [1.29, 1.82) is 0 Å². The third-order valence-electron chi connectivity index (χ3n) is 3.45. The number of nitrogens with one attached hydrogen (secondary N) is 1. The van der Waals surface area contributed by atoms with Crippen molar-refractivity contribution in [3.05, 3.63) is 24.3 Å². The SMILES string of the molecule is COc1ccc(NC(=S)N2CCCC(C(N)=O)C2)cc1. The summed E-state index contributed by atoms with van der Waals surface area (Å²) in [4.78, 5) is 13.3. The average molecular weight is 293 g/mol. The van der Waals surface area contributed by atoms with Gasteiger partial charge >= 0.3 is 0 Å². The van der Waals surface area contributed by atoms with Crippen molar-refractivity contribution < 1.29 is 9.53 Å². The van der Waals surface area contributed by atoms with Crippen LogP contribution < -0.4 is 15.8 Å². The van der Waals surface area contributed by atoms with Gasteiger partial charge in [-0.25, -0.2) is 0 Å². The van der Waals surface area contributed by atoms with E-state index in [4.69, 9.17) is 22.7 Å². The van der Waals surface area contributed by atoms with Crippen LogP contribution in [-0.4, -0.2) is 36.1 Å². The zero-order chi connectivity index (χ0) is 14.5. The Morgan fingerprint density at radius 2 is 2.15 bits per heavy atom. The highest BCUT2D eigenvalue weighted by Gasteiger charge is 2.25. The quantitative estimate of drug-likeness (QED) is 0.828. The number of methoxy groups -OCH3 is 1. The van der Waals surface area contributed by atoms with Crippen LogP contribution in [0.1, 0.15) is 12.8 Å². The molecule has 20 heavy (non-hydrogen) atoms. The number of carbonyl (C=O) groups is 1. The van der Waals surface area contributed by atoms with E-state index in [0.29, 0.717) is 11.7 Å². The summed E-state index contributed by atoms with van der Waals surface area (Å²) >= 11 is 5.39. The molecule has 1 unspecified atom stereocenters. The Morgan fingerprint density at radius 1 is 1.45 bits per heavy atom. The number of likely N-dealkylation sites (tertiary alicyclic amines) is 1. The van der Waals surface area contributed by atoms with Crippen LogP contribution in [0.5, 0.6) is 5.75 Å². The van der Waals surface area contributed by atoms with Crippen LogP contribution in [0.25, 0.3) is 0 Å². The van der Waals surface area contributed by atoms with Crippen molar-refractivity contribution in [3.8, 4) is 5.75 Å². The molecule has 1 aliphatic rings. The summed E-state index contributed by atoms with van der Waals surface area (Å²) in [6.07, 6.45) is 1.77. The molecule has 6 heteroatoms. The van der Waals surface area contributed by atoms with E-state index < -0.39 is 0 Å². The van der Waals surface area contributed by atoms with Gasteiger partial charge in [-0.2, -0.15) is 0 Å². The minimum Gasteiger partial charge on any atom is -0.497 e. The van der Waals surface area contributed by atoms with Crippen LogP contribution in [0.3, 0.4) is 0 Å². The van der Waals surface area contributed by atoms with Crippen molar-refractivity contribution in [2.45, 2.75) is 12.8 Å². The zero-order valence-corrected chi connectivity index (χ0v) is 12.3. The molecule has 1 aromatic carbocycles. The molecule has 0 bridgehead atoms. The first-order valence-corrected chi connectivity index (χ1v) is 7.00. The largest absolute Gasteiger partial charge is 0.497 e. The number of hydrogen-bond acceptors (Lipinski definition) is 3. The van der Waals surface area contributed by atoms with Crippen molar-refractivity contribution in [2.75, 3.05) is 25.5 Å². The van der Waals surface area contributed by atoms with Crippen LogP contribution in [0, 0.1) is 5.92 Å². The van der Waals surface area contributed by atoms with Crippen LogP contribution in [-0.2, 0) is 4.79 Å². The number of nitrogens with two attached hydrogens (primary N) is 1. The highest BCUT2D eigenvalue weighted by Crippen LogP contribution is 2.19. The predicted octanol–water partition coefficient (Wildman–Crippen LogP) is 1.59. The molecular formula is C14H19N3O2S. The van der Waals surface area contributed by atoms with Gasteiger partial charge in [-0.15, -0.1) is 0 Å². The highest BCUT2D eigenvalue weighted by molar-refractivity contribution is 7.80. The molecule has 0 aromatic heterocycles. The van der Waals surface area contributed by atoms with Gasteiger partial charge in [0.1, 0.15) is 5.75 Å². The summed E-state index contributed by atoms with van der Waals surface area (Å²) in [6, 6.07) is 7.54. The normalized spacial score (nSPS) is 18.4. The fourth-order valence-electron chi connectivity index (χ4n) is 2.27. The Balaban J connectivity index is 1.95. The second kappa shape index (κ2) is 6.56. The number of anilines is 1. The number of rotatable bonds is 3. The van der Waals surface area contributed by atoms with E-state index in [-0.39, 0.29) is 11.8 Å². The van der Waals surface area contributed by atoms with E-state index in [1.807, 2.05) is 29.2 Å². The molecule has 1 fully saturated rings. The molecule has 0 radical (unpaired) electrons. The number of nitrogens with zero attached hydrogens (tertiary/aromatic N) is 1. The molecule has 1 atom stereocenters. The van der Waals surface area contributed by atoms with Gasteiger partial charge in [-0.05, 0) is 49.3 Å². The fraction of sp³-hybridized carbons (Fsp3) is 0.429. The summed E-state index contributed by atoms with van der Waals surface area (Å²) in [5.74, 6) is 0.439. The zero-order valence-electron chi connectivity index (χ0n) is 11.5. The third-order valence-corrected chi connectivity index (χ3v) is 3.81. The van der Waals surface area contributed by atoms with Crippen molar-refractivity contribution in [2.24, 2.45) is 11.7 Å². The van der Waals surface area contributed by atoms with Gasteiger partial charge < -0.3 is 20.7 Å². The fourth-order valence-corrected chi connectivity index (χ4v) is 2.55. The number of benzene rings is 1. The van der Waals surface area contributed by atoms with Gasteiger partial charge in [0.05, 0.1) is 13.0 Å². The third kappa shape index (κ3) is 3.60. The number of thiocarbonyl (C=S) groups is 1. The first kappa shape index (κ1) is 14.6. The van der Waals surface area contributed by atoms with E-state index >= 15 is 0 Å². The van der Waals surface area contributed by atoms with Crippen LogP contribution in [0.2, 0.25) is 0 Å². The second-order valence-electron chi connectivity index (χ2n) is 4.85. The lowest BCUT2D eigenvalue weighted by Crippen LogP contribution is -2.45. The van der Waals surface area contributed by atoms with E-state index in [1.54, 1.807) is 7.11 Å². The Bertz CT molecular complexity index is 490. The molecule has 1 heterocycles. The molecule has 108 valence electrons. The first-order valence-electron chi connectivity index (χ1n) is 6.59. The first-order chi connectivity index (χ1) is 9.60. The Morgan fingerprint density at radius 3 is 2.75 bits per heavy atom. The molecule has 0 saturated carbocycles. The molecule has 3 N–H and O–H groups in total. The molecule has 1 aromatic rings. The molecular weight excluding hydrogens is 274 g/mol. The van der Waals surface area contributed by atoms with Crippen LogP contribution in [0.15, 0.2) is 24.3 Å². The molecule has 1 saturated heterocycles. The second-order valence-corrected chi connectivity index (χ2v) is 5.23. The summed E-state index contributed by atoms with van der Waals surface area (Å²) < 4.78 is 5.11. The van der Waals surface area contributed by atoms with Crippen molar-refractivity contribution in [3.63, 3.8) is 0 Å². The lowest BCUT2D eigenvalue weighted by molar-refractivity contribution is -0.122.